The molecule has 2 N–H and O–H groups in total. The fourth-order valence-corrected chi connectivity index (χ4v) is 3.25. The lowest BCUT2D eigenvalue weighted by Crippen LogP contribution is -2.35. The summed E-state index contributed by atoms with van der Waals surface area (Å²) in [4.78, 5) is 21.1. The number of aromatic nitrogens is 4. The number of fused-ring (bicyclic) bond motifs is 1. The van der Waals surface area contributed by atoms with Crippen LogP contribution in [0.2, 0.25) is 0 Å². The minimum atomic E-state index is -0.357. The van der Waals surface area contributed by atoms with Gasteiger partial charge in [-0.2, -0.15) is 5.10 Å². The van der Waals surface area contributed by atoms with Crippen LogP contribution in [0.5, 0.6) is 0 Å². The van der Waals surface area contributed by atoms with E-state index in [1.54, 1.807) is 36.4 Å². The molecule has 0 radical (unpaired) electrons. The quantitative estimate of drug-likeness (QED) is 0.514. The molecule has 0 saturated carbocycles. The van der Waals surface area contributed by atoms with E-state index in [4.69, 9.17) is 4.74 Å². The maximum atomic E-state index is 12.5. The van der Waals surface area contributed by atoms with Crippen LogP contribution in [-0.4, -0.2) is 39.5 Å². The molecular formula is C22H22N6O2. The Morgan fingerprint density at radius 2 is 1.97 bits per heavy atom. The van der Waals surface area contributed by atoms with Crippen LogP contribution in [0.25, 0.3) is 16.6 Å². The van der Waals surface area contributed by atoms with E-state index in [2.05, 4.69) is 25.7 Å². The predicted molar refractivity (Wildman–Crippen MR) is 115 cm³/mol. The van der Waals surface area contributed by atoms with Crippen molar-refractivity contribution in [3.63, 3.8) is 0 Å². The Kier molecular flexibility index (Phi) is 5.67. The van der Waals surface area contributed by atoms with E-state index in [0.29, 0.717) is 12.4 Å². The van der Waals surface area contributed by atoms with Gasteiger partial charge in [-0.3, -0.25) is 10.3 Å². The van der Waals surface area contributed by atoms with Gasteiger partial charge in [0, 0.05) is 24.4 Å². The number of anilines is 1. The fourth-order valence-electron chi connectivity index (χ4n) is 3.25. The van der Waals surface area contributed by atoms with Crippen LogP contribution in [0.15, 0.2) is 67.1 Å². The molecule has 1 unspecified atom stereocenters. The zero-order chi connectivity index (χ0) is 20.9. The third kappa shape index (κ3) is 4.28. The lowest BCUT2D eigenvalue weighted by Gasteiger charge is -2.18. The standard InChI is InChI=1S/C22H22N6O2/c1-15-10-18(8-9-23-15)28-20-13-24-21(11-17(20)12-25-28)27-22(29)26-19(14-30-2)16-6-4-3-5-7-16/h3-13,19H,14H2,1-2H3,(H2,24,26,27,29). The number of nitrogens with zero attached hydrogens (tertiary/aromatic N) is 4. The summed E-state index contributed by atoms with van der Waals surface area (Å²) in [5.41, 5.74) is 3.62. The number of carbonyl (C=O) groups is 1. The largest absolute Gasteiger partial charge is 0.382 e. The summed E-state index contributed by atoms with van der Waals surface area (Å²) in [6, 6.07) is 14.7. The number of methoxy groups -OCH3 is 1. The lowest BCUT2D eigenvalue weighted by atomic mass is 10.1. The number of urea groups is 1. The van der Waals surface area contributed by atoms with Gasteiger partial charge in [0.1, 0.15) is 5.82 Å². The minimum Gasteiger partial charge on any atom is -0.382 e. The molecule has 0 aliphatic heterocycles. The van der Waals surface area contributed by atoms with Crippen LogP contribution in [0.1, 0.15) is 17.3 Å². The van der Waals surface area contributed by atoms with E-state index in [0.717, 1.165) is 27.8 Å². The molecular weight excluding hydrogens is 380 g/mol. The summed E-state index contributed by atoms with van der Waals surface area (Å²) in [6.07, 6.45) is 5.18. The zero-order valence-electron chi connectivity index (χ0n) is 16.7. The maximum absolute atomic E-state index is 12.5. The number of amides is 2. The number of aryl methyl sites for hydroxylation is 1. The number of hydrogen-bond acceptors (Lipinski definition) is 5. The first-order chi connectivity index (χ1) is 14.6. The van der Waals surface area contributed by atoms with E-state index in [9.17, 15) is 4.79 Å². The first kappa shape index (κ1) is 19.5. The molecule has 0 aliphatic rings. The van der Waals surface area contributed by atoms with Crippen molar-refractivity contribution in [2.75, 3.05) is 19.0 Å². The molecule has 4 aromatic rings. The van der Waals surface area contributed by atoms with Crippen molar-refractivity contribution >= 4 is 22.8 Å². The highest BCUT2D eigenvalue weighted by atomic mass is 16.5. The first-order valence-electron chi connectivity index (χ1n) is 9.52. The van der Waals surface area contributed by atoms with Crippen molar-refractivity contribution in [2.24, 2.45) is 0 Å². The van der Waals surface area contributed by atoms with E-state index in [1.165, 1.54) is 0 Å². The molecule has 8 heteroatoms. The third-order valence-corrected chi connectivity index (χ3v) is 4.66. The summed E-state index contributed by atoms with van der Waals surface area (Å²) in [6.45, 7) is 2.29. The predicted octanol–water partition coefficient (Wildman–Crippen LogP) is 3.63. The molecule has 0 bridgehead atoms. The smallest absolute Gasteiger partial charge is 0.320 e. The van der Waals surface area contributed by atoms with Crippen LogP contribution in [0.4, 0.5) is 10.6 Å². The summed E-state index contributed by atoms with van der Waals surface area (Å²) in [7, 11) is 1.60. The van der Waals surface area contributed by atoms with Gasteiger partial charge in [-0.1, -0.05) is 30.3 Å². The highest BCUT2D eigenvalue weighted by molar-refractivity contribution is 5.91. The van der Waals surface area contributed by atoms with Gasteiger partial charge in [0.25, 0.3) is 0 Å². The summed E-state index contributed by atoms with van der Waals surface area (Å²) < 4.78 is 7.04. The number of carbonyl (C=O) groups excluding carboxylic acids is 1. The van der Waals surface area contributed by atoms with Crippen LogP contribution in [-0.2, 0) is 4.74 Å². The van der Waals surface area contributed by atoms with Gasteiger partial charge in [-0.15, -0.1) is 0 Å². The Hall–Kier alpha value is -3.78. The third-order valence-electron chi connectivity index (χ3n) is 4.66. The van der Waals surface area contributed by atoms with Crippen molar-refractivity contribution in [2.45, 2.75) is 13.0 Å². The Labute approximate surface area is 173 Å². The van der Waals surface area contributed by atoms with E-state index in [-0.39, 0.29) is 12.1 Å². The minimum absolute atomic E-state index is 0.266. The molecule has 0 spiro atoms. The SMILES string of the molecule is COCC(NC(=O)Nc1cc2cnn(-c3ccnc(C)c3)c2cn1)c1ccccc1. The molecule has 2 amide bonds. The normalized spacial score (nSPS) is 11.9. The maximum Gasteiger partial charge on any atom is 0.320 e. The van der Waals surface area contributed by atoms with Gasteiger partial charge < -0.3 is 10.1 Å². The molecule has 0 aliphatic carbocycles. The van der Waals surface area contributed by atoms with Crippen molar-refractivity contribution < 1.29 is 9.53 Å². The number of ether oxygens (including phenoxy) is 1. The van der Waals surface area contributed by atoms with E-state index in [1.807, 2.05) is 49.4 Å². The topological polar surface area (TPSA) is 94.0 Å². The molecule has 30 heavy (non-hydrogen) atoms. The van der Waals surface area contributed by atoms with Gasteiger partial charge in [0.2, 0.25) is 0 Å². The monoisotopic (exact) mass is 402 g/mol. The van der Waals surface area contributed by atoms with Crippen LogP contribution in [0, 0.1) is 6.92 Å². The Morgan fingerprint density at radius 1 is 1.13 bits per heavy atom. The summed E-state index contributed by atoms with van der Waals surface area (Å²) in [5, 5.41) is 11.0. The van der Waals surface area contributed by atoms with Crippen LogP contribution < -0.4 is 10.6 Å². The van der Waals surface area contributed by atoms with Gasteiger partial charge in [0.15, 0.2) is 0 Å². The highest BCUT2D eigenvalue weighted by Gasteiger charge is 2.15. The van der Waals surface area contributed by atoms with Gasteiger partial charge in [-0.05, 0) is 30.7 Å². The molecule has 0 fully saturated rings. The molecule has 4 rings (SSSR count). The average molecular weight is 402 g/mol. The second-order valence-corrected chi connectivity index (χ2v) is 6.86. The van der Waals surface area contributed by atoms with Crippen molar-refractivity contribution in [1.82, 2.24) is 25.1 Å². The Bertz CT molecular complexity index is 1160. The van der Waals surface area contributed by atoms with Crippen LogP contribution >= 0.6 is 0 Å². The summed E-state index contributed by atoms with van der Waals surface area (Å²) >= 11 is 0. The van der Waals surface area contributed by atoms with Crippen molar-refractivity contribution in [1.29, 1.82) is 0 Å². The molecule has 1 aromatic carbocycles. The highest BCUT2D eigenvalue weighted by Crippen LogP contribution is 2.20. The van der Waals surface area contributed by atoms with E-state index >= 15 is 0 Å². The molecule has 0 saturated heterocycles. The lowest BCUT2D eigenvalue weighted by molar-refractivity contribution is 0.168. The second kappa shape index (κ2) is 8.71. The Balaban J connectivity index is 1.50. The average Bonchev–Trinajstić information content (AvgIpc) is 3.17. The second-order valence-electron chi connectivity index (χ2n) is 6.86. The molecule has 1 atom stereocenters. The number of rotatable bonds is 6. The van der Waals surface area contributed by atoms with Crippen molar-refractivity contribution in [3.05, 3.63) is 78.4 Å². The molecule has 3 heterocycles. The number of hydrogen-bond donors (Lipinski definition) is 2. The first-order valence-corrected chi connectivity index (χ1v) is 9.52. The van der Waals surface area contributed by atoms with Crippen LogP contribution in [0.3, 0.4) is 0 Å². The number of benzene rings is 1. The molecule has 152 valence electrons. The zero-order valence-corrected chi connectivity index (χ0v) is 16.7. The number of nitrogens with one attached hydrogen (secondary N) is 2. The van der Waals surface area contributed by atoms with Gasteiger partial charge in [0.05, 0.1) is 36.2 Å². The van der Waals surface area contributed by atoms with Gasteiger partial charge >= 0.3 is 6.03 Å². The summed E-state index contributed by atoms with van der Waals surface area (Å²) in [5.74, 6) is 0.440. The number of pyridine rings is 2. The molecule has 8 nitrogen and oxygen atoms in total. The van der Waals surface area contributed by atoms with Gasteiger partial charge in [-0.25, -0.2) is 14.5 Å². The molecule has 3 aromatic heterocycles. The Morgan fingerprint density at radius 3 is 2.73 bits per heavy atom. The fraction of sp³-hybridized carbons (Fsp3) is 0.182. The van der Waals surface area contributed by atoms with E-state index < -0.39 is 0 Å². The van der Waals surface area contributed by atoms with Crippen molar-refractivity contribution in [3.8, 4) is 5.69 Å².